The summed E-state index contributed by atoms with van der Waals surface area (Å²) >= 11 is 0. The minimum absolute atomic E-state index is 0.162. The first-order valence-corrected chi connectivity index (χ1v) is 8.46. The molecule has 0 bridgehead atoms. The van der Waals surface area contributed by atoms with Crippen LogP contribution in [0.15, 0.2) is 77.7 Å². The minimum atomic E-state index is -0.195. The highest BCUT2D eigenvalue weighted by molar-refractivity contribution is 6.07. The highest BCUT2D eigenvalue weighted by Crippen LogP contribution is 2.29. The van der Waals surface area contributed by atoms with Gasteiger partial charge in [0.05, 0.1) is 16.6 Å². The van der Waals surface area contributed by atoms with Crippen LogP contribution in [-0.2, 0) is 0 Å². The first kappa shape index (κ1) is 15.3. The monoisotopic (exact) mass is 354 g/mol. The van der Waals surface area contributed by atoms with Gasteiger partial charge in [-0.3, -0.25) is 14.5 Å². The van der Waals surface area contributed by atoms with Crippen molar-refractivity contribution in [1.82, 2.24) is 19.7 Å². The first-order valence-electron chi connectivity index (χ1n) is 8.46. The van der Waals surface area contributed by atoms with Crippen LogP contribution in [0.2, 0.25) is 0 Å². The van der Waals surface area contributed by atoms with E-state index >= 15 is 0 Å². The Morgan fingerprint density at radius 2 is 1.70 bits per heavy atom. The van der Waals surface area contributed by atoms with Crippen molar-refractivity contribution in [3.8, 4) is 22.7 Å². The fourth-order valence-electron chi connectivity index (χ4n) is 3.37. The van der Waals surface area contributed by atoms with Gasteiger partial charge in [-0.25, -0.2) is 4.98 Å². The third-order valence-electron chi connectivity index (χ3n) is 4.61. The number of aromatic hydroxyl groups is 1. The molecule has 5 rings (SSSR count). The van der Waals surface area contributed by atoms with Gasteiger partial charge in [0.1, 0.15) is 17.1 Å². The van der Waals surface area contributed by atoms with Crippen LogP contribution >= 0.6 is 0 Å². The van der Waals surface area contributed by atoms with Gasteiger partial charge in [0.25, 0.3) is 5.56 Å². The average molecular weight is 354 g/mol. The zero-order valence-corrected chi connectivity index (χ0v) is 14.1. The molecule has 6 heteroatoms. The third kappa shape index (κ3) is 2.31. The van der Waals surface area contributed by atoms with Crippen molar-refractivity contribution in [2.45, 2.75) is 0 Å². The smallest absolute Gasteiger partial charge is 0.268 e. The van der Waals surface area contributed by atoms with E-state index in [9.17, 15) is 9.90 Å². The average Bonchev–Trinajstić information content (AvgIpc) is 3.15. The predicted molar refractivity (Wildman–Crippen MR) is 104 cm³/mol. The number of phenolic OH excluding ortho intramolecular Hbond substituents is 1. The van der Waals surface area contributed by atoms with Crippen LogP contribution in [0.3, 0.4) is 0 Å². The summed E-state index contributed by atoms with van der Waals surface area (Å²) in [6.07, 6.45) is 1.67. The second-order valence-corrected chi connectivity index (χ2v) is 6.22. The first-order chi connectivity index (χ1) is 13.2. The van der Waals surface area contributed by atoms with E-state index < -0.39 is 0 Å². The molecule has 6 nitrogen and oxygen atoms in total. The third-order valence-corrected chi connectivity index (χ3v) is 4.61. The number of rotatable bonds is 2. The summed E-state index contributed by atoms with van der Waals surface area (Å²) in [5.41, 5.74) is 3.06. The molecule has 3 aromatic heterocycles. The summed E-state index contributed by atoms with van der Waals surface area (Å²) in [4.78, 5) is 17.9. The molecule has 0 amide bonds. The maximum Gasteiger partial charge on any atom is 0.268 e. The van der Waals surface area contributed by atoms with Crippen LogP contribution in [0, 0.1) is 0 Å². The summed E-state index contributed by atoms with van der Waals surface area (Å²) in [7, 11) is 0. The number of hydrogen-bond donors (Lipinski definition) is 2. The van der Waals surface area contributed by atoms with Crippen molar-refractivity contribution < 1.29 is 5.11 Å². The number of phenols is 1. The SMILES string of the molecule is O=c1c2c(-c3ccc(O)cc3)n[nH]c2c2cccnc2n1-c1ccccc1. The van der Waals surface area contributed by atoms with E-state index in [0.29, 0.717) is 22.2 Å². The standard InChI is InChI=1S/C21H14N4O2/c26-15-10-8-13(9-11-15)18-17-19(24-23-18)16-7-4-12-22-20(16)25(21(17)27)14-5-2-1-3-6-14/h1-12,26H,(H,23,24). The van der Waals surface area contributed by atoms with Crippen molar-refractivity contribution in [3.05, 3.63) is 83.3 Å². The molecule has 0 aliphatic rings. The lowest BCUT2D eigenvalue weighted by atomic mass is 10.1. The zero-order valence-electron chi connectivity index (χ0n) is 14.1. The van der Waals surface area contributed by atoms with Gasteiger partial charge in [-0.05, 0) is 48.5 Å². The number of aromatic amines is 1. The molecule has 27 heavy (non-hydrogen) atoms. The fraction of sp³-hybridized carbons (Fsp3) is 0. The van der Waals surface area contributed by atoms with Crippen LogP contribution in [0.5, 0.6) is 5.75 Å². The van der Waals surface area contributed by atoms with Crippen molar-refractivity contribution in [1.29, 1.82) is 0 Å². The minimum Gasteiger partial charge on any atom is -0.508 e. The maximum atomic E-state index is 13.5. The van der Waals surface area contributed by atoms with Crippen molar-refractivity contribution in [3.63, 3.8) is 0 Å². The largest absolute Gasteiger partial charge is 0.508 e. The molecule has 0 fully saturated rings. The second-order valence-electron chi connectivity index (χ2n) is 6.22. The van der Waals surface area contributed by atoms with Gasteiger partial charge in [0, 0.05) is 17.1 Å². The molecule has 0 unspecified atom stereocenters. The summed E-state index contributed by atoms with van der Waals surface area (Å²) in [5, 5.41) is 18.2. The number of benzene rings is 2. The number of hydrogen-bond acceptors (Lipinski definition) is 4. The van der Waals surface area contributed by atoms with Crippen LogP contribution < -0.4 is 5.56 Å². The molecule has 0 aliphatic carbocycles. The quantitative estimate of drug-likeness (QED) is 0.507. The molecular weight excluding hydrogens is 340 g/mol. The molecule has 0 aliphatic heterocycles. The highest BCUT2D eigenvalue weighted by atomic mass is 16.3. The number of H-pyrrole nitrogens is 1. The molecule has 0 atom stereocenters. The topological polar surface area (TPSA) is 83.8 Å². The molecular formula is C21H14N4O2. The summed E-state index contributed by atoms with van der Waals surface area (Å²) in [6.45, 7) is 0. The number of para-hydroxylation sites is 1. The Kier molecular flexibility index (Phi) is 3.30. The number of pyridine rings is 2. The Morgan fingerprint density at radius 3 is 2.48 bits per heavy atom. The molecule has 130 valence electrons. The van der Waals surface area contributed by atoms with E-state index in [-0.39, 0.29) is 11.3 Å². The summed E-state index contributed by atoms with van der Waals surface area (Å²) in [5.74, 6) is 0.162. The van der Waals surface area contributed by atoms with Crippen molar-refractivity contribution >= 4 is 21.9 Å². The van der Waals surface area contributed by atoms with E-state index in [1.54, 1.807) is 35.0 Å². The van der Waals surface area contributed by atoms with E-state index in [1.165, 1.54) is 0 Å². The van der Waals surface area contributed by atoms with Crippen LogP contribution in [0.4, 0.5) is 0 Å². The predicted octanol–water partition coefficient (Wildman–Crippen LogP) is 3.63. The molecule has 3 heterocycles. The Bertz CT molecular complexity index is 1340. The van der Waals surface area contributed by atoms with E-state index in [4.69, 9.17) is 0 Å². The summed E-state index contributed by atoms with van der Waals surface area (Å²) in [6, 6.07) is 19.8. The van der Waals surface area contributed by atoms with Crippen molar-refractivity contribution in [2.75, 3.05) is 0 Å². The van der Waals surface area contributed by atoms with E-state index in [0.717, 1.165) is 16.6 Å². The molecule has 0 spiro atoms. The molecule has 2 aromatic carbocycles. The number of aromatic nitrogens is 4. The van der Waals surface area contributed by atoms with E-state index in [2.05, 4.69) is 15.2 Å². The number of fused-ring (bicyclic) bond motifs is 3. The normalized spacial score (nSPS) is 11.3. The lowest BCUT2D eigenvalue weighted by molar-refractivity contribution is 0.475. The van der Waals surface area contributed by atoms with Crippen molar-refractivity contribution in [2.24, 2.45) is 0 Å². The van der Waals surface area contributed by atoms with Gasteiger partial charge in [-0.2, -0.15) is 5.10 Å². The highest BCUT2D eigenvalue weighted by Gasteiger charge is 2.19. The molecule has 2 N–H and O–H groups in total. The van der Waals surface area contributed by atoms with Crippen LogP contribution in [0.1, 0.15) is 0 Å². The Labute approximate surface area is 153 Å². The van der Waals surface area contributed by atoms with Crippen LogP contribution in [-0.4, -0.2) is 24.9 Å². The number of nitrogens with one attached hydrogen (secondary N) is 1. The maximum absolute atomic E-state index is 13.5. The fourth-order valence-corrected chi connectivity index (χ4v) is 3.37. The van der Waals surface area contributed by atoms with Gasteiger partial charge < -0.3 is 5.11 Å². The molecule has 0 saturated heterocycles. The van der Waals surface area contributed by atoms with Gasteiger partial charge in [-0.1, -0.05) is 18.2 Å². The molecule has 5 aromatic rings. The molecule has 0 saturated carbocycles. The zero-order chi connectivity index (χ0) is 18.4. The van der Waals surface area contributed by atoms with Gasteiger partial charge in [-0.15, -0.1) is 0 Å². The van der Waals surface area contributed by atoms with Gasteiger partial charge >= 0.3 is 0 Å². The van der Waals surface area contributed by atoms with Gasteiger partial charge in [0.2, 0.25) is 0 Å². The van der Waals surface area contributed by atoms with Gasteiger partial charge in [0.15, 0.2) is 0 Å². The second kappa shape index (κ2) is 5.81. The van der Waals surface area contributed by atoms with Crippen LogP contribution in [0.25, 0.3) is 38.9 Å². The summed E-state index contributed by atoms with van der Waals surface area (Å²) < 4.78 is 1.61. The number of nitrogens with zero attached hydrogens (tertiary/aromatic N) is 3. The Hall–Kier alpha value is -3.93. The lowest BCUT2D eigenvalue weighted by Crippen LogP contribution is -2.20. The molecule has 0 radical (unpaired) electrons. The Balaban J connectivity index is 1.94. The van der Waals surface area contributed by atoms with E-state index in [1.807, 2.05) is 42.5 Å². The Morgan fingerprint density at radius 1 is 0.926 bits per heavy atom. The lowest BCUT2D eigenvalue weighted by Gasteiger charge is -2.10.